The number of hydrogen-bond acceptors (Lipinski definition) is 2. The molecule has 0 saturated carbocycles. The topological polar surface area (TPSA) is 18.5 Å². The zero-order valence-electron chi connectivity index (χ0n) is 10.6. The summed E-state index contributed by atoms with van der Waals surface area (Å²) in [7, 11) is 1.75. The van der Waals surface area contributed by atoms with E-state index in [0.717, 1.165) is 11.3 Å². The lowest BCUT2D eigenvalue weighted by Crippen LogP contribution is -2.04. The standard InChI is InChI=1S/C16H16O2/c1-11-7-8-15-14(9-11)16(17-2)13-6-4-3-5-12(13)10-18-15/h3-9,16H,10H2,1-2H3. The molecule has 0 saturated heterocycles. The van der Waals surface area contributed by atoms with Crippen molar-refractivity contribution in [2.24, 2.45) is 0 Å². The van der Waals surface area contributed by atoms with Gasteiger partial charge in [-0.3, -0.25) is 0 Å². The molecule has 0 aliphatic carbocycles. The van der Waals surface area contributed by atoms with Crippen LogP contribution in [0.5, 0.6) is 5.75 Å². The normalized spacial score (nSPS) is 17.3. The van der Waals surface area contributed by atoms with Crippen LogP contribution in [0.15, 0.2) is 42.5 Å². The molecule has 0 bridgehead atoms. The Kier molecular flexibility index (Phi) is 2.80. The first-order chi connectivity index (χ1) is 8.79. The first-order valence-corrected chi connectivity index (χ1v) is 6.13. The SMILES string of the molecule is COC1c2ccccc2COc2ccc(C)cc21. The van der Waals surface area contributed by atoms with Crippen LogP contribution in [0.2, 0.25) is 0 Å². The average Bonchev–Trinajstić information content (AvgIpc) is 2.54. The smallest absolute Gasteiger partial charge is 0.125 e. The molecule has 1 unspecified atom stereocenters. The van der Waals surface area contributed by atoms with Gasteiger partial charge in [0.1, 0.15) is 18.5 Å². The minimum Gasteiger partial charge on any atom is -0.488 e. The molecule has 92 valence electrons. The molecule has 0 N–H and O–H groups in total. The van der Waals surface area contributed by atoms with Gasteiger partial charge in [-0.25, -0.2) is 0 Å². The van der Waals surface area contributed by atoms with Crippen LogP contribution in [0, 0.1) is 6.92 Å². The van der Waals surface area contributed by atoms with E-state index < -0.39 is 0 Å². The highest BCUT2D eigenvalue weighted by atomic mass is 16.5. The largest absolute Gasteiger partial charge is 0.488 e. The fourth-order valence-corrected chi connectivity index (χ4v) is 2.50. The Bertz CT molecular complexity index is 575. The highest BCUT2D eigenvalue weighted by molar-refractivity contribution is 5.46. The molecule has 2 nitrogen and oxygen atoms in total. The molecular formula is C16H16O2. The number of hydrogen-bond donors (Lipinski definition) is 0. The van der Waals surface area contributed by atoms with Crippen molar-refractivity contribution in [3.05, 3.63) is 64.7 Å². The van der Waals surface area contributed by atoms with E-state index >= 15 is 0 Å². The molecule has 2 heteroatoms. The Balaban J connectivity index is 2.19. The van der Waals surface area contributed by atoms with Gasteiger partial charge in [-0.05, 0) is 30.2 Å². The summed E-state index contributed by atoms with van der Waals surface area (Å²) in [6.07, 6.45) is -0.0430. The minimum absolute atomic E-state index is 0.0430. The number of fused-ring (bicyclic) bond motifs is 2. The summed E-state index contributed by atoms with van der Waals surface area (Å²) in [5.74, 6) is 0.920. The predicted octanol–water partition coefficient (Wildman–Crippen LogP) is 3.62. The lowest BCUT2D eigenvalue weighted by Gasteiger charge is -2.17. The van der Waals surface area contributed by atoms with Gasteiger partial charge in [0.25, 0.3) is 0 Å². The summed E-state index contributed by atoms with van der Waals surface area (Å²) < 4.78 is 11.6. The fraction of sp³-hybridized carbons (Fsp3) is 0.250. The Morgan fingerprint density at radius 1 is 1.11 bits per heavy atom. The zero-order chi connectivity index (χ0) is 12.5. The van der Waals surface area contributed by atoms with E-state index in [2.05, 4.69) is 31.2 Å². The van der Waals surface area contributed by atoms with Gasteiger partial charge in [0.05, 0.1) is 0 Å². The molecule has 0 spiro atoms. The maximum Gasteiger partial charge on any atom is 0.125 e. The maximum atomic E-state index is 5.88. The summed E-state index contributed by atoms with van der Waals surface area (Å²) in [5.41, 5.74) is 4.73. The van der Waals surface area contributed by atoms with E-state index in [1.54, 1.807) is 7.11 Å². The number of ether oxygens (including phenoxy) is 2. The van der Waals surface area contributed by atoms with Crippen LogP contribution in [0.25, 0.3) is 0 Å². The maximum absolute atomic E-state index is 5.88. The highest BCUT2D eigenvalue weighted by Gasteiger charge is 2.24. The zero-order valence-corrected chi connectivity index (χ0v) is 10.6. The van der Waals surface area contributed by atoms with Gasteiger partial charge in [-0.2, -0.15) is 0 Å². The van der Waals surface area contributed by atoms with Crippen molar-refractivity contribution in [1.82, 2.24) is 0 Å². The Labute approximate surface area is 107 Å². The van der Waals surface area contributed by atoms with Crippen molar-refractivity contribution in [2.45, 2.75) is 19.6 Å². The third-order valence-corrected chi connectivity index (χ3v) is 3.40. The molecule has 1 aliphatic heterocycles. The second-order valence-electron chi connectivity index (χ2n) is 4.64. The summed E-state index contributed by atoms with van der Waals surface area (Å²) in [6.45, 7) is 2.69. The fourth-order valence-electron chi connectivity index (χ4n) is 2.50. The van der Waals surface area contributed by atoms with E-state index in [0.29, 0.717) is 6.61 Å². The minimum atomic E-state index is -0.0430. The Morgan fingerprint density at radius 3 is 2.78 bits per heavy atom. The number of aryl methyl sites for hydroxylation is 1. The summed E-state index contributed by atoms with van der Waals surface area (Å²) >= 11 is 0. The van der Waals surface area contributed by atoms with Crippen molar-refractivity contribution in [1.29, 1.82) is 0 Å². The second kappa shape index (κ2) is 4.46. The first-order valence-electron chi connectivity index (χ1n) is 6.13. The molecule has 0 radical (unpaired) electrons. The van der Waals surface area contributed by atoms with Gasteiger partial charge in [0, 0.05) is 12.7 Å². The molecule has 0 fully saturated rings. The van der Waals surface area contributed by atoms with Crippen LogP contribution in [-0.4, -0.2) is 7.11 Å². The van der Waals surface area contributed by atoms with Crippen molar-refractivity contribution in [2.75, 3.05) is 7.11 Å². The van der Waals surface area contributed by atoms with Gasteiger partial charge in [-0.1, -0.05) is 35.9 Å². The number of methoxy groups -OCH3 is 1. The van der Waals surface area contributed by atoms with Crippen LogP contribution in [0.1, 0.15) is 28.4 Å². The van der Waals surface area contributed by atoms with Gasteiger partial charge in [-0.15, -0.1) is 0 Å². The predicted molar refractivity (Wildman–Crippen MR) is 70.8 cm³/mol. The molecule has 1 aliphatic rings. The summed E-state index contributed by atoms with van der Waals surface area (Å²) in [5, 5.41) is 0. The molecule has 2 aromatic carbocycles. The quantitative estimate of drug-likeness (QED) is 0.758. The van der Waals surface area contributed by atoms with Crippen molar-refractivity contribution in [3.8, 4) is 5.75 Å². The molecule has 1 atom stereocenters. The van der Waals surface area contributed by atoms with Gasteiger partial charge >= 0.3 is 0 Å². The monoisotopic (exact) mass is 240 g/mol. The average molecular weight is 240 g/mol. The molecule has 1 heterocycles. The van der Waals surface area contributed by atoms with Crippen molar-refractivity contribution in [3.63, 3.8) is 0 Å². The summed E-state index contributed by atoms with van der Waals surface area (Å²) in [4.78, 5) is 0. The van der Waals surface area contributed by atoms with E-state index in [9.17, 15) is 0 Å². The first kappa shape index (κ1) is 11.3. The molecular weight excluding hydrogens is 224 g/mol. The third-order valence-electron chi connectivity index (χ3n) is 3.40. The van der Waals surface area contributed by atoms with Gasteiger partial charge < -0.3 is 9.47 Å². The second-order valence-corrected chi connectivity index (χ2v) is 4.64. The van der Waals surface area contributed by atoms with Gasteiger partial charge in [0.15, 0.2) is 0 Å². The lowest BCUT2D eigenvalue weighted by atomic mass is 9.96. The van der Waals surface area contributed by atoms with E-state index in [4.69, 9.17) is 9.47 Å². The third kappa shape index (κ3) is 1.79. The van der Waals surface area contributed by atoms with E-state index in [1.165, 1.54) is 16.7 Å². The molecule has 3 rings (SSSR count). The number of rotatable bonds is 1. The molecule has 0 amide bonds. The van der Waals surface area contributed by atoms with E-state index in [1.807, 2.05) is 18.2 Å². The van der Waals surface area contributed by atoms with Crippen LogP contribution >= 0.6 is 0 Å². The highest BCUT2D eigenvalue weighted by Crippen LogP contribution is 2.37. The Hall–Kier alpha value is -1.80. The molecule has 0 aromatic heterocycles. The van der Waals surface area contributed by atoms with Crippen LogP contribution in [0.4, 0.5) is 0 Å². The van der Waals surface area contributed by atoms with Crippen LogP contribution < -0.4 is 4.74 Å². The van der Waals surface area contributed by atoms with Crippen molar-refractivity contribution < 1.29 is 9.47 Å². The lowest BCUT2D eigenvalue weighted by molar-refractivity contribution is 0.135. The van der Waals surface area contributed by atoms with E-state index in [-0.39, 0.29) is 6.10 Å². The molecule has 2 aromatic rings. The van der Waals surface area contributed by atoms with Crippen molar-refractivity contribution >= 4 is 0 Å². The summed E-state index contributed by atoms with van der Waals surface area (Å²) in [6, 6.07) is 14.5. The number of benzene rings is 2. The molecule has 18 heavy (non-hydrogen) atoms. The van der Waals surface area contributed by atoms with Crippen LogP contribution in [0.3, 0.4) is 0 Å². The van der Waals surface area contributed by atoms with Crippen LogP contribution in [-0.2, 0) is 11.3 Å². The Morgan fingerprint density at radius 2 is 1.94 bits per heavy atom. The van der Waals surface area contributed by atoms with Gasteiger partial charge in [0.2, 0.25) is 0 Å².